The minimum atomic E-state index is -0.448. The van der Waals surface area contributed by atoms with E-state index in [1.807, 2.05) is 13.0 Å². The molecule has 1 amide bonds. The summed E-state index contributed by atoms with van der Waals surface area (Å²) in [5, 5.41) is 9.46. The molecule has 19 heavy (non-hydrogen) atoms. The predicted molar refractivity (Wildman–Crippen MR) is 72.1 cm³/mol. The largest absolute Gasteiger partial charge is 0.508 e. The van der Waals surface area contributed by atoms with Crippen LogP contribution >= 0.6 is 0 Å². The van der Waals surface area contributed by atoms with Gasteiger partial charge >= 0.3 is 0 Å². The molecule has 2 rings (SSSR count). The summed E-state index contributed by atoms with van der Waals surface area (Å²) >= 11 is 0. The van der Waals surface area contributed by atoms with Gasteiger partial charge in [-0.3, -0.25) is 4.79 Å². The Morgan fingerprint density at radius 1 is 1.21 bits per heavy atom. The topological polar surface area (TPSA) is 72.6 Å². The van der Waals surface area contributed by atoms with Gasteiger partial charge in [-0.05, 0) is 42.3 Å². The number of benzene rings is 2. The van der Waals surface area contributed by atoms with E-state index in [0.29, 0.717) is 17.9 Å². The minimum Gasteiger partial charge on any atom is -0.508 e. The standard InChI is InChI=1S/C15H15NO3/c1-10-6-13(17)8-14(7-10)19-9-11-2-4-12(5-3-11)15(16)18/h2-8,17H,9H2,1H3,(H2,16,18). The highest BCUT2D eigenvalue weighted by Crippen LogP contribution is 2.22. The summed E-state index contributed by atoms with van der Waals surface area (Å²) in [6.07, 6.45) is 0. The Labute approximate surface area is 111 Å². The van der Waals surface area contributed by atoms with Crippen molar-refractivity contribution in [3.8, 4) is 11.5 Å². The van der Waals surface area contributed by atoms with Crippen molar-refractivity contribution < 1.29 is 14.6 Å². The van der Waals surface area contributed by atoms with Crippen LogP contribution in [0.3, 0.4) is 0 Å². The molecule has 0 spiro atoms. The second-order valence-electron chi connectivity index (χ2n) is 4.35. The molecule has 4 nitrogen and oxygen atoms in total. The van der Waals surface area contributed by atoms with Gasteiger partial charge in [0.2, 0.25) is 5.91 Å². The zero-order valence-electron chi connectivity index (χ0n) is 10.6. The fourth-order valence-corrected chi connectivity index (χ4v) is 1.74. The maximum atomic E-state index is 10.9. The SMILES string of the molecule is Cc1cc(O)cc(OCc2ccc(C(N)=O)cc2)c1. The second-order valence-corrected chi connectivity index (χ2v) is 4.35. The Bertz CT molecular complexity index is 571. The van der Waals surface area contributed by atoms with Crippen LogP contribution in [0.2, 0.25) is 0 Å². The highest BCUT2D eigenvalue weighted by atomic mass is 16.5. The van der Waals surface area contributed by atoms with Crippen molar-refractivity contribution in [2.75, 3.05) is 0 Å². The lowest BCUT2D eigenvalue weighted by Gasteiger charge is -2.08. The molecule has 0 aliphatic heterocycles. The Kier molecular flexibility index (Phi) is 3.71. The Morgan fingerprint density at radius 2 is 1.89 bits per heavy atom. The fraction of sp³-hybridized carbons (Fsp3) is 0.133. The number of carbonyl (C=O) groups excluding carboxylic acids is 1. The van der Waals surface area contributed by atoms with Crippen molar-refractivity contribution >= 4 is 5.91 Å². The van der Waals surface area contributed by atoms with Crippen LogP contribution in [0.1, 0.15) is 21.5 Å². The first kappa shape index (κ1) is 13.0. The van der Waals surface area contributed by atoms with E-state index >= 15 is 0 Å². The number of hydrogen-bond acceptors (Lipinski definition) is 3. The summed E-state index contributed by atoms with van der Waals surface area (Å²) in [7, 11) is 0. The number of phenolic OH excluding ortho intramolecular Hbond substituents is 1. The first-order valence-electron chi connectivity index (χ1n) is 5.87. The highest BCUT2D eigenvalue weighted by molar-refractivity contribution is 5.92. The number of primary amides is 1. The van der Waals surface area contributed by atoms with Gasteiger partial charge in [0.15, 0.2) is 0 Å². The van der Waals surface area contributed by atoms with Gasteiger partial charge in [0, 0.05) is 11.6 Å². The predicted octanol–water partition coefficient (Wildman–Crippen LogP) is 2.38. The average Bonchev–Trinajstić information content (AvgIpc) is 2.36. The third-order valence-corrected chi connectivity index (χ3v) is 2.68. The summed E-state index contributed by atoms with van der Waals surface area (Å²) in [4.78, 5) is 10.9. The maximum absolute atomic E-state index is 10.9. The number of hydrogen-bond donors (Lipinski definition) is 2. The Hall–Kier alpha value is -2.49. The molecule has 4 heteroatoms. The second kappa shape index (κ2) is 5.44. The van der Waals surface area contributed by atoms with Crippen molar-refractivity contribution in [3.05, 3.63) is 59.2 Å². The molecule has 0 heterocycles. The van der Waals surface area contributed by atoms with Crippen LogP contribution in [0.5, 0.6) is 11.5 Å². The van der Waals surface area contributed by atoms with Crippen molar-refractivity contribution in [3.63, 3.8) is 0 Å². The minimum absolute atomic E-state index is 0.180. The molecular formula is C15H15NO3. The van der Waals surface area contributed by atoms with E-state index in [4.69, 9.17) is 10.5 Å². The Morgan fingerprint density at radius 3 is 2.47 bits per heavy atom. The molecule has 0 radical (unpaired) electrons. The molecule has 0 fully saturated rings. The molecule has 0 atom stereocenters. The van der Waals surface area contributed by atoms with Gasteiger partial charge in [-0.1, -0.05) is 12.1 Å². The zero-order chi connectivity index (χ0) is 13.8. The van der Waals surface area contributed by atoms with E-state index in [9.17, 15) is 9.90 Å². The average molecular weight is 257 g/mol. The lowest BCUT2D eigenvalue weighted by molar-refractivity contribution is 0.1000. The van der Waals surface area contributed by atoms with E-state index in [1.165, 1.54) is 0 Å². The van der Waals surface area contributed by atoms with Crippen molar-refractivity contribution in [2.24, 2.45) is 5.73 Å². The third kappa shape index (κ3) is 3.48. The Balaban J connectivity index is 2.03. The number of aryl methyl sites for hydroxylation is 1. The number of ether oxygens (including phenoxy) is 1. The van der Waals surface area contributed by atoms with Crippen LogP contribution in [-0.4, -0.2) is 11.0 Å². The molecule has 0 saturated carbocycles. The molecule has 3 N–H and O–H groups in total. The lowest BCUT2D eigenvalue weighted by Crippen LogP contribution is -2.10. The summed E-state index contributed by atoms with van der Waals surface area (Å²) in [5.74, 6) is 0.339. The van der Waals surface area contributed by atoms with Gasteiger partial charge in [-0.25, -0.2) is 0 Å². The van der Waals surface area contributed by atoms with Crippen LogP contribution in [0, 0.1) is 6.92 Å². The molecule has 0 unspecified atom stereocenters. The number of carbonyl (C=O) groups is 1. The number of rotatable bonds is 4. The molecule has 0 aliphatic carbocycles. The lowest BCUT2D eigenvalue weighted by atomic mass is 10.1. The van der Waals surface area contributed by atoms with E-state index in [0.717, 1.165) is 11.1 Å². The normalized spacial score (nSPS) is 10.2. The molecule has 0 bridgehead atoms. The van der Waals surface area contributed by atoms with E-state index < -0.39 is 5.91 Å². The molecule has 2 aromatic carbocycles. The smallest absolute Gasteiger partial charge is 0.248 e. The molecule has 0 aliphatic rings. The summed E-state index contributed by atoms with van der Waals surface area (Å²) in [6.45, 7) is 2.25. The van der Waals surface area contributed by atoms with Crippen LogP contribution in [-0.2, 0) is 6.61 Å². The van der Waals surface area contributed by atoms with Gasteiger partial charge in [-0.15, -0.1) is 0 Å². The summed E-state index contributed by atoms with van der Waals surface area (Å²) in [5.41, 5.74) is 7.49. The summed E-state index contributed by atoms with van der Waals surface area (Å²) < 4.78 is 5.58. The first-order valence-corrected chi connectivity index (χ1v) is 5.87. The molecule has 0 saturated heterocycles. The van der Waals surface area contributed by atoms with Gasteiger partial charge in [0.05, 0.1) is 0 Å². The number of amides is 1. The molecule has 0 aromatic heterocycles. The monoisotopic (exact) mass is 257 g/mol. The van der Waals surface area contributed by atoms with Crippen molar-refractivity contribution in [1.82, 2.24) is 0 Å². The fourth-order valence-electron chi connectivity index (χ4n) is 1.74. The molecule has 98 valence electrons. The van der Waals surface area contributed by atoms with Crippen LogP contribution < -0.4 is 10.5 Å². The van der Waals surface area contributed by atoms with Crippen molar-refractivity contribution in [2.45, 2.75) is 13.5 Å². The summed E-state index contributed by atoms with van der Waals surface area (Å²) in [6, 6.07) is 12.0. The van der Waals surface area contributed by atoms with E-state index in [1.54, 1.807) is 36.4 Å². The number of phenols is 1. The highest BCUT2D eigenvalue weighted by Gasteiger charge is 2.02. The van der Waals surface area contributed by atoms with Gasteiger partial charge in [-0.2, -0.15) is 0 Å². The van der Waals surface area contributed by atoms with Gasteiger partial charge < -0.3 is 15.6 Å². The van der Waals surface area contributed by atoms with Crippen LogP contribution in [0.15, 0.2) is 42.5 Å². The van der Waals surface area contributed by atoms with Gasteiger partial charge in [0.25, 0.3) is 0 Å². The third-order valence-electron chi connectivity index (χ3n) is 2.68. The van der Waals surface area contributed by atoms with Crippen LogP contribution in [0.4, 0.5) is 0 Å². The molecule has 2 aromatic rings. The van der Waals surface area contributed by atoms with E-state index in [2.05, 4.69) is 0 Å². The van der Waals surface area contributed by atoms with E-state index in [-0.39, 0.29) is 5.75 Å². The van der Waals surface area contributed by atoms with Gasteiger partial charge in [0.1, 0.15) is 18.1 Å². The maximum Gasteiger partial charge on any atom is 0.248 e. The quantitative estimate of drug-likeness (QED) is 0.883. The van der Waals surface area contributed by atoms with Crippen molar-refractivity contribution in [1.29, 1.82) is 0 Å². The zero-order valence-corrected chi connectivity index (χ0v) is 10.6. The number of aromatic hydroxyl groups is 1. The molecular weight excluding hydrogens is 242 g/mol. The number of nitrogens with two attached hydrogens (primary N) is 1. The first-order chi connectivity index (χ1) is 9.04. The van der Waals surface area contributed by atoms with Crippen LogP contribution in [0.25, 0.3) is 0 Å².